The van der Waals surface area contributed by atoms with Gasteiger partial charge in [-0.3, -0.25) is 19.7 Å². The molecule has 0 radical (unpaired) electrons. The standard InChI is InChI=1S/C31H29N5O2/c1-2-29(37)31-27-17-23(12-13-28(27)35-36-31)24-16-26(19-33-18-24)34-30(38)11-4-7-20-6-3-8-21(14-20)22-9-5-10-25(32)15-22/h3,5-6,8-10,12-19H,2,4,7,11,32H2,1H3,(H,34,38)(H,35,36). The van der Waals surface area contributed by atoms with Gasteiger partial charge in [0, 0.05) is 35.7 Å². The molecule has 5 aromatic rings. The van der Waals surface area contributed by atoms with Gasteiger partial charge in [-0.15, -0.1) is 0 Å². The molecule has 0 aliphatic rings. The number of anilines is 2. The van der Waals surface area contributed by atoms with Crippen molar-refractivity contribution < 1.29 is 9.59 Å². The summed E-state index contributed by atoms with van der Waals surface area (Å²) >= 11 is 0. The van der Waals surface area contributed by atoms with Gasteiger partial charge in [-0.1, -0.05) is 49.4 Å². The van der Waals surface area contributed by atoms with Gasteiger partial charge < -0.3 is 11.1 Å². The number of hydrogen-bond acceptors (Lipinski definition) is 5. The number of carbonyl (C=O) groups is 2. The van der Waals surface area contributed by atoms with Crippen LogP contribution in [0, 0.1) is 0 Å². The van der Waals surface area contributed by atoms with Crippen molar-refractivity contribution in [2.45, 2.75) is 32.6 Å². The number of nitrogens with zero attached hydrogens (tertiary/aromatic N) is 2. The van der Waals surface area contributed by atoms with E-state index in [9.17, 15) is 9.59 Å². The zero-order chi connectivity index (χ0) is 26.5. The Morgan fingerprint density at radius 1 is 0.895 bits per heavy atom. The number of Topliss-reactive ketones (excluding diaryl/α,β-unsaturated/α-hetero) is 1. The topological polar surface area (TPSA) is 114 Å². The lowest BCUT2D eigenvalue weighted by Crippen LogP contribution is -2.11. The average molecular weight is 504 g/mol. The maximum Gasteiger partial charge on any atom is 0.224 e. The molecule has 0 saturated heterocycles. The zero-order valence-electron chi connectivity index (χ0n) is 21.2. The van der Waals surface area contributed by atoms with Crippen molar-refractivity contribution in [2.24, 2.45) is 0 Å². The number of ketones is 1. The van der Waals surface area contributed by atoms with Gasteiger partial charge in [0.1, 0.15) is 5.69 Å². The van der Waals surface area contributed by atoms with Crippen LogP contribution in [0.1, 0.15) is 42.2 Å². The zero-order valence-corrected chi connectivity index (χ0v) is 21.2. The van der Waals surface area contributed by atoms with Gasteiger partial charge in [0.2, 0.25) is 5.91 Å². The highest BCUT2D eigenvalue weighted by atomic mass is 16.1. The van der Waals surface area contributed by atoms with E-state index in [-0.39, 0.29) is 11.7 Å². The molecule has 0 aliphatic carbocycles. The van der Waals surface area contributed by atoms with Gasteiger partial charge in [0.15, 0.2) is 5.78 Å². The van der Waals surface area contributed by atoms with E-state index < -0.39 is 0 Å². The number of rotatable bonds is 9. The van der Waals surface area contributed by atoms with E-state index in [1.807, 2.05) is 61.5 Å². The quantitative estimate of drug-likeness (QED) is 0.158. The first-order chi connectivity index (χ1) is 18.5. The summed E-state index contributed by atoms with van der Waals surface area (Å²) < 4.78 is 0. The number of fused-ring (bicyclic) bond motifs is 1. The third kappa shape index (κ3) is 5.62. The molecule has 7 heteroatoms. The molecule has 0 atom stereocenters. The minimum Gasteiger partial charge on any atom is -0.399 e. The van der Waals surface area contributed by atoms with Crippen LogP contribution in [0.4, 0.5) is 11.4 Å². The lowest BCUT2D eigenvalue weighted by molar-refractivity contribution is -0.116. The Labute approximate surface area is 221 Å². The van der Waals surface area contributed by atoms with Crippen LogP contribution >= 0.6 is 0 Å². The van der Waals surface area contributed by atoms with Crippen LogP contribution in [0.5, 0.6) is 0 Å². The third-order valence-electron chi connectivity index (χ3n) is 6.52. The Hall–Kier alpha value is -4.78. The molecule has 0 aliphatic heterocycles. The average Bonchev–Trinajstić information content (AvgIpc) is 3.36. The molecule has 38 heavy (non-hydrogen) atoms. The number of pyridine rings is 1. The predicted octanol–water partition coefficient (Wildman–Crippen LogP) is 6.43. The monoisotopic (exact) mass is 503 g/mol. The molecule has 0 fully saturated rings. The number of amides is 1. The lowest BCUT2D eigenvalue weighted by Gasteiger charge is -2.09. The number of nitrogens with two attached hydrogens (primary N) is 1. The molecule has 0 spiro atoms. The summed E-state index contributed by atoms with van der Waals surface area (Å²) in [6, 6.07) is 23.8. The summed E-state index contributed by atoms with van der Waals surface area (Å²) in [6.45, 7) is 1.82. The summed E-state index contributed by atoms with van der Waals surface area (Å²) in [5.41, 5.74) is 13.7. The molecule has 4 N–H and O–H groups in total. The van der Waals surface area contributed by atoms with Gasteiger partial charge in [0.05, 0.1) is 17.4 Å². The van der Waals surface area contributed by atoms with Gasteiger partial charge in [-0.25, -0.2) is 0 Å². The summed E-state index contributed by atoms with van der Waals surface area (Å²) in [5.74, 6) is -0.0684. The fourth-order valence-electron chi connectivity index (χ4n) is 4.54. The van der Waals surface area contributed by atoms with Crippen LogP contribution in [0.3, 0.4) is 0 Å². The Morgan fingerprint density at radius 2 is 1.68 bits per heavy atom. The highest BCUT2D eigenvalue weighted by Crippen LogP contribution is 2.27. The summed E-state index contributed by atoms with van der Waals surface area (Å²) in [4.78, 5) is 29.2. The molecular formula is C31H29N5O2. The minimum absolute atomic E-state index is 0.0102. The number of aromatic amines is 1. The van der Waals surface area contributed by atoms with Crippen LogP contribution in [0.25, 0.3) is 33.2 Å². The molecule has 2 aromatic heterocycles. The van der Waals surface area contributed by atoms with Crippen LogP contribution in [0.15, 0.2) is 85.2 Å². The van der Waals surface area contributed by atoms with Crippen LogP contribution in [-0.4, -0.2) is 26.9 Å². The molecular weight excluding hydrogens is 474 g/mol. The van der Waals surface area contributed by atoms with E-state index >= 15 is 0 Å². The number of nitrogen functional groups attached to an aromatic ring is 1. The Balaban J connectivity index is 1.21. The second kappa shape index (κ2) is 11.1. The van der Waals surface area contributed by atoms with Gasteiger partial charge >= 0.3 is 0 Å². The normalized spacial score (nSPS) is 11.0. The third-order valence-corrected chi connectivity index (χ3v) is 6.52. The summed E-state index contributed by atoms with van der Waals surface area (Å²) in [6.07, 6.45) is 5.69. The van der Waals surface area contributed by atoms with Crippen LogP contribution < -0.4 is 11.1 Å². The Kier molecular flexibility index (Phi) is 7.26. The van der Waals surface area contributed by atoms with Crippen LogP contribution in [-0.2, 0) is 11.2 Å². The molecule has 190 valence electrons. The van der Waals surface area contributed by atoms with Crippen LogP contribution in [0.2, 0.25) is 0 Å². The number of hydrogen-bond donors (Lipinski definition) is 3. The van der Waals surface area contributed by atoms with Crippen molar-refractivity contribution >= 4 is 34.0 Å². The van der Waals surface area contributed by atoms with Crippen molar-refractivity contribution in [1.29, 1.82) is 0 Å². The summed E-state index contributed by atoms with van der Waals surface area (Å²) in [7, 11) is 0. The lowest BCUT2D eigenvalue weighted by atomic mass is 10.00. The Morgan fingerprint density at radius 3 is 2.50 bits per heavy atom. The minimum atomic E-state index is -0.0583. The number of H-pyrrole nitrogens is 1. The second-order valence-electron chi connectivity index (χ2n) is 9.30. The van der Waals surface area contributed by atoms with E-state index in [1.54, 1.807) is 12.4 Å². The molecule has 5 rings (SSSR count). The van der Waals surface area contributed by atoms with Gasteiger partial charge in [0.25, 0.3) is 0 Å². The van der Waals surface area contributed by atoms with Crippen molar-refractivity contribution in [3.8, 4) is 22.3 Å². The SMILES string of the molecule is CCC(=O)c1n[nH]c2ccc(-c3cncc(NC(=O)CCCc4cccc(-c5cccc(N)c5)c4)c3)cc12. The molecule has 3 aromatic carbocycles. The second-order valence-corrected chi connectivity index (χ2v) is 9.30. The number of aryl methyl sites for hydroxylation is 1. The fraction of sp³-hybridized carbons (Fsp3) is 0.161. The molecule has 0 bridgehead atoms. The molecule has 0 unspecified atom stereocenters. The molecule has 0 saturated carbocycles. The number of benzene rings is 3. The van der Waals surface area contributed by atoms with E-state index in [0.29, 0.717) is 24.2 Å². The largest absolute Gasteiger partial charge is 0.399 e. The molecule has 7 nitrogen and oxygen atoms in total. The van der Waals surface area contributed by atoms with E-state index in [4.69, 9.17) is 5.73 Å². The maximum absolute atomic E-state index is 12.7. The first-order valence-electron chi connectivity index (χ1n) is 12.7. The maximum atomic E-state index is 12.7. The van der Waals surface area contributed by atoms with Crippen molar-refractivity contribution in [2.75, 3.05) is 11.1 Å². The predicted molar refractivity (Wildman–Crippen MR) is 152 cm³/mol. The van der Waals surface area contributed by atoms with Crippen molar-refractivity contribution in [3.63, 3.8) is 0 Å². The highest BCUT2D eigenvalue weighted by Gasteiger charge is 2.14. The van der Waals surface area contributed by atoms with Gasteiger partial charge in [-0.2, -0.15) is 5.10 Å². The molecule has 1 amide bonds. The number of nitrogens with one attached hydrogen (secondary N) is 2. The summed E-state index contributed by atoms with van der Waals surface area (Å²) in [5, 5.41) is 10.8. The van der Waals surface area contributed by atoms with E-state index in [0.717, 1.165) is 51.7 Å². The van der Waals surface area contributed by atoms with Crippen molar-refractivity contribution in [3.05, 3.63) is 96.4 Å². The first-order valence-corrected chi connectivity index (χ1v) is 12.7. The van der Waals surface area contributed by atoms with Gasteiger partial charge in [-0.05, 0) is 65.4 Å². The van der Waals surface area contributed by atoms with E-state index in [2.05, 4.69) is 38.7 Å². The smallest absolute Gasteiger partial charge is 0.224 e. The number of carbonyl (C=O) groups excluding carboxylic acids is 2. The first kappa shape index (κ1) is 24.9. The highest BCUT2D eigenvalue weighted by molar-refractivity contribution is 6.06. The van der Waals surface area contributed by atoms with Crippen molar-refractivity contribution in [1.82, 2.24) is 15.2 Å². The fourth-order valence-corrected chi connectivity index (χ4v) is 4.54. The van der Waals surface area contributed by atoms with E-state index in [1.165, 1.54) is 5.56 Å². The molecule has 2 heterocycles. The Bertz CT molecular complexity index is 1620. The number of aromatic nitrogens is 3.